The van der Waals surface area contributed by atoms with Crippen LogP contribution in [0.5, 0.6) is 0 Å². The molecule has 0 bridgehead atoms. The molecule has 114 valence electrons. The number of halogens is 1. The first-order valence-corrected chi connectivity index (χ1v) is 8.44. The summed E-state index contributed by atoms with van der Waals surface area (Å²) in [5.41, 5.74) is 0.748. The lowest BCUT2D eigenvalue weighted by Gasteiger charge is -2.16. The van der Waals surface area contributed by atoms with E-state index < -0.39 is 15.8 Å². The topological polar surface area (TPSA) is 58.2 Å². The Hall–Kier alpha value is -0.980. The molecule has 0 aliphatic heterocycles. The smallest absolute Gasteiger partial charge is 0.243 e. The van der Waals surface area contributed by atoms with E-state index in [1.54, 1.807) is 6.07 Å². The summed E-state index contributed by atoms with van der Waals surface area (Å²) in [4.78, 5) is -0.278. The van der Waals surface area contributed by atoms with Crippen molar-refractivity contribution in [1.82, 2.24) is 10.0 Å². The van der Waals surface area contributed by atoms with Gasteiger partial charge in [-0.05, 0) is 37.1 Å². The van der Waals surface area contributed by atoms with E-state index in [1.807, 2.05) is 20.8 Å². The summed E-state index contributed by atoms with van der Waals surface area (Å²) in [6.45, 7) is 7.04. The summed E-state index contributed by atoms with van der Waals surface area (Å²) in [6.07, 6.45) is 1.35. The molecule has 0 spiro atoms. The van der Waals surface area contributed by atoms with Crippen molar-refractivity contribution in [3.63, 3.8) is 0 Å². The molecule has 0 aromatic heterocycles. The van der Waals surface area contributed by atoms with Gasteiger partial charge in [0.05, 0.1) is 0 Å². The highest BCUT2D eigenvalue weighted by molar-refractivity contribution is 7.89. The first-order chi connectivity index (χ1) is 9.44. The second-order valence-corrected chi connectivity index (χ2v) is 6.36. The van der Waals surface area contributed by atoms with Gasteiger partial charge in [-0.1, -0.05) is 26.8 Å². The summed E-state index contributed by atoms with van der Waals surface area (Å²) in [7, 11) is -3.81. The molecule has 0 atom stereocenters. The predicted octanol–water partition coefficient (Wildman–Crippen LogP) is 2.40. The average molecular weight is 302 g/mol. The van der Waals surface area contributed by atoms with Crippen LogP contribution in [0.15, 0.2) is 23.1 Å². The zero-order chi connectivity index (χ0) is 15.2. The maximum Gasteiger partial charge on any atom is 0.243 e. The molecule has 0 aliphatic carbocycles. The fourth-order valence-electron chi connectivity index (χ4n) is 1.87. The molecule has 0 saturated heterocycles. The third-order valence-electron chi connectivity index (χ3n) is 3.17. The molecule has 20 heavy (non-hydrogen) atoms. The summed E-state index contributed by atoms with van der Waals surface area (Å²) >= 11 is 0. The highest BCUT2D eigenvalue weighted by Crippen LogP contribution is 2.17. The average Bonchev–Trinajstić information content (AvgIpc) is 2.43. The Bertz CT molecular complexity index is 528. The highest BCUT2D eigenvalue weighted by Gasteiger charge is 2.22. The molecular formula is C14H23FN2O2S. The molecular weight excluding hydrogens is 279 g/mol. The zero-order valence-corrected chi connectivity index (χ0v) is 13.1. The maximum atomic E-state index is 13.8. The molecule has 1 rings (SSSR count). The van der Waals surface area contributed by atoms with Gasteiger partial charge < -0.3 is 5.32 Å². The molecule has 1 aromatic rings. The van der Waals surface area contributed by atoms with Gasteiger partial charge in [-0.2, -0.15) is 0 Å². The van der Waals surface area contributed by atoms with Crippen molar-refractivity contribution in [2.24, 2.45) is 0 Å². The minimum absolute atomic E-state index is 0.170. The fraction of sp³-hybridized carbons (Fsp3) is 0.571. The van der Waals surface area contributed by atoms with Crippen LogP contribution in [0.1, 0.15) is 39.2 Å². The Kier molecular flexibility index (Phi) is 6.58. The normalized spacial score (nSPS) is 12.1. The van der Waals surface area contributed by atoms with Crippen molar-refractivity contribution >= 4 is 10.0 Å². The summed E-state index contributed by atoms with van der Waals surface area (Å²) in [6, 6.07) is 4.02. The largest absolute Gasteiger partial charge is 0.313 e. The van der Waals surface area contributed by atoms with Crippen LogP contribution >= 0.6 is 0 Å². The Morgan fingerprint density at radius 1 is 1.20 bits per heavy atom. The van der Waals surface area contributed by atoms with Gasteiger partial charge in [-0.3, -0.25) is 0 Å². The third-order valence-corrected chi connectivity index (χ3v) is 4.71. The van der Waals surface area contributed by atoms with Gasteiger partial charge in [0.1, 0.15) is 10.7 Å². The van der Waals surface area contributed by atoms with E-state index in [0.717, 1.165) is 12.1 Å². The first-order valence-electron chi connectivity index (χ1n) is 6.96. The minimum Gasteiger partial charge on any atom is -0.313 e. The molecule has 6 heteroatoms. The lowest BCUT2D eigenvalue weighted by molar-refractivity contribution is 0.519. The Morgan fingerprint density at radius 2 is 1.85 bits per heavy atom. The van der Waals surface area contributed by atoms with Gasteiger partial charge in [0.25, 0.3) is 0 Å². The van der Waals surface area contributed by atoms with E-state index in [-0.39, 0.29) is 10.9 Å². The number of benzene rings is 1. The van der Waals surface area contributed by atoms with Crippen LogP contribution in [0.2, 0.25) is 0 Å². The van der Waals surface area contributed by atoms with Crippen LogP contribution in [0, 0.1) is 5.82 Å². The summed E-state index contributed by atoms with van der Waals surface area (Å²) in [5.74, 6) is -0.719. The quantitative estimate of drug-likeness (QED) is 0.775. The van der Waals surface area contributed by atoms with Crippen LogP contribution in [0.4, 0.5) is 4.39 Å². The Balaban J connectivity index is 3.03. The van der Waals surface area contributed by atoms with Crippen molar-refractivity contribution in [3.05, 3.63) is 29.6 Å². The summed E-state index contributed by atoms with van der Waals surface area (Å²) < 4.78 is 40.8. The van der Waals surface area contributed by atoms with E-state index in [4.69, 9.17) is 0 Å². The van der Waals surface area contributed by atoms with Gasteiger partial charge in [0.15, 0.2) is 0 Å². The lowest BCUT2D eigenvalue weighted by atomic mass is 10.2. The zero-order valence-electron chi connectivity index (χ0n) is 12.2. The number of sulfonamides is 1. The van der Waals surface area contributed by atoms with E-state index in [2.05, 4.69) is 10.0 Å². The third kappa shape index (κ3) is 4.54. The van der Waals surface area contributed by atoms with Gasteiger partial charge >= 0.3 is 0 Å². The molecule has 0 saturated carbocycles. The predicted molar refractivity (Wildman–Crippen MR) is 78.5 cm³/mol. The van der Waals surface area contributed by atoms with Crippen molar-refractivity contribution in [2.45, 2.75) is 51.1 Å². The molecule has 4 nitrogen and oxygen atoms in total. The number of hydrogen-bond acceptors (Lipinski definition) is 3. The molecule has 0 amide bonds. The molecule has 2 N–H and O–H groups in total. The monoisotopic (exact) mass is 302 g/mol. The van der Waals surface area contributed by atoms with Gasteiger partial charge in [0.2, 0.25) is 10.0 Å². The van der Waals surface area contributed by atoms with Crippen LogP contribution in [0.3, 0.4) is 0 Å². The first kappa shape index (κ1) is 17.1. The van der Waals surface area contributed by atoms with E-state index in [0.29, 0.717) is 19.4 Å². The van der Waals surface area contributed by atoms with Crippen LogP contribution in [-0.2, 0) is 16.6 Å². The molecule has 0 unspecified atom stereocenters. The Morgan fingerprint density at radius 3 is 2.40 bits per heavy atom. The molecule has 0 heterocycles. The van der Waals surface area contributed by atoms with Crippen molar-refractivity contribution in [1.29, 1.82) is 0 Å². The van der Waals surface area contributed by atoms with Crippen molar-refractivity contribution < 1.29 is 12.8 Å². The van der Waals surface area contributed by atoms with Crippen LogP contribution in [0.25, 0.3) is 0 Å². The summed E-state index contributed by atoms with van der Waals surface area (Å²) in [5, 5.41) is 3.09. The number of rotatable bonds is 8. The second-order valence-electron chi connectivity index (χ2n) is 4.68. The van der Waals surface area contributed by atoms with Crippen LogP contribution in [-0.4, -0.2) is 21.0 Å². The number of hydrogen-bond donors (Lipinski definition) is 2. The SMILES string of the molecule is CCNCc1ccc(F)c(S(=O)(=O)NC(CC)CC)c1. The maximum absolute atomic E-state index is 13.8. The molecule has 0 aliphatic rings. The molecule has 1 aromatic carbocycles. The van der Waals surface area contributed by atoms with E-state index in [9.17, 15) is 12.8 Å². The van der Waals surface area contributed by atoms with Gasteiger partial charge in [-0.15, -0.1) is 0 Å². The Labute approximate surface area is 120 Å². The van der Waals surface area contributed by atoms with Crippen LogP contribution < -0.4 is 10.0 Å². The lowest BCUT2D eigenvalue weighted by Crippen LogP contribution is -2.34. The minimum atomic E-state index is -3.81. The molecule has 0 radical (unpaired) electrons. The second kappa shape index (κ2) is 7.71. The molecule has 0 fully saturated rings. The van der Waals surface area contributed by atoms with E-state index in [1.165, 1.54) is 12.1 Å². The number of nitrogens with one attached hydrogen (secondary N) is 2. The van der Waals surface area contributed by atoms with E-state index >= 15 is 0 Å². The van der Waals surface area contributed by atoms with Crippen molar-refractivity contribution in [3.8, 4) is 0 Å². The fourth-order valence-corrected chi connectivity index (χ4v) is 3.40. The highest BCUT2D eigenvalue weighted by atomic mass is 32.2. The van der Waals surface area contributed by atoms with Gasteiger partial charge in [-0.25, -0.2) is 17.5 Å². The van der Waals surface area contributed by atoms with Gasteiger partial charge in [0, 0.05) is 12.6 Å². The standard InChI is InChI=1S/C14H23FN2O2S/c1-4-12(5-2)17-20(18,19)14-9-11(10-16-6-3)7-8-13(14)15/h7-9,12,16-17H,4-6,10H2,1-3H3. The van der Waals surface area contributed by atoms with Crippen molar-refractivity contribution in [2.75, 3.05) is 6.54 Å².